The van der Waals surface area contributed by atoms with E-state index in [-0.39, 0.29) is 29.4 Å². The Hall–Kier alpha value is -0.920. The van der Waals surface area contributed by atoms with Crippen molar-refractivity contribution in [1.29, 1.82) is 0 Å². The highest BCUT2D eigenvalue weighted by atomic mass is 32.2. The minimum atomic E-state index is -2.89. The van der Waals surface area contributed by atoms with E-state index in [4.69, 9.17) is 0 Å². The lowest BCUT2D eigenvalue weighted by Crippen LogP contribution is -2.41. The molecule has 116 valence electrons. The van der Waals surface area contributed by atoms with Gasteiger partial charge in [-0.15, -0.1) is 11.3 Å². The molecule has 0 bridgehead atoms. The Morgan fingerprint density at radius 2 is 2.29 bits per heavy atom. The third kappa shape index (κ3) is 3.00. The molecule has 2 aliphatic heterocycles. The molecule has 2 unspecified atom stereocenters. The number of hydrogen-bond acceptors (Lipinski definition) is 5. The molecule has 1 aromatic rings. The highest BCUT2D eigenvalue weighted by Crippen LogP contribution is 2.30. The number of fused-ring (bicyclic) bond motifs is 1. The Labute approximate surface area is 129 Å². The maximum absolute atomic E-state index is 12.7. The molecule has 3 rings (SSSR count). The summed E-state index contributed by atoms with van der Waals surface area (Å²) < 4.78 is 23.2. The zero-order valence-electron chi connectivity index (χ0n) is 12.0. The minimum absolute atomic E-state index is 0.0722. The van der Waals surface area contributed by atoms with Gasteiger partial charge >= 0.3 is 0 Å². The number of carbonyl (C=O) groups is 1. The summed E-state index contributed by atoms with van der Waals surface area (Å²) in [5.74, 6) is 0.654. The van der Waals surface area contributed by atoms with Gasteiger partial charge in [0.1, 0.15) is 6.04 Å². The number of carbonyl (C=O) groups excluding carboxylic acids is 1. The van der Waals surface area contributed by atoms with Crippen molar-refractivity contribution in [2.75, 3.05) is 31.6 Å². The van der Waals surface area contributed by atoms with E-state index in [2.05, 4.69) is 11.4 Å². The predicted octanol–water partition coefficient (Wildman–Crippen LogP) is 0.828. The summed E-state index contributed by atoms with van der Waals surface area (Å²) in [6.07, 6.45) is 1.53. The minimum Gasteiger partial charge on any atom is -0.340 e. The second kappa shape index (κ2) is 5.70. The maximum Gasteiger partial charge on any atom is 0.245 e. The van der Waals surface area contributed by atoms with Crippen LogP contribution in [-0.4, -0.2) is 50.9 Å². The van der Waals surface area contributed by atoms with Gasteiger partial charge in [-0.1, -0.05) is 0 Å². The maximum atomic E-state index is 12.7. The number of rotatable bonds is 3. The first-order valence-corrected chi connectivity index (χ1v) is 9.93. The molecule has 1 amide bonds. The molecule has 0 saturated carbocycles. The lowest BCUT2D eigenvalue weighted by molar-refractivity contribution is -0.133. The van der Waals surface area contributed by atoms with E-state index >= 15 is 0 Å². The van der Waals surface area contributed by atoms with E-state index in [1.807, 2.05) is 10.3 Å². The van der Waals surface area contributed by atoms with Gasteiger partial charge in [-0.2, -0.15) is 0 Å². The van der Waals surface area contributed by atoms with Crippen LogP contribution in [0.4, 0.5) is 0 Å². The van der Waals surface area contributed by atoms with E-state index in [0.717, 1.165) is 11.3 Å². The summed E-state index contributed by atoms with van der Waals surface area (Å²) in [4.78, 5) is 15.7. The Balaban J connectivity index is 1.76. The van der Waals surface area contributed by atoms with Crippen molar-refractivity contribution in [2.24, 2.45) is 5.92 Å². The van der Waals surface area contributed by atoms with E-state index in [1.54, 1.807) is 18.4 Å². The van der Waals surface area contributed by atoms with E-state index in [1.165, 1.54) is 5.56 Å². The SMILES string of the molecule is CNC1C(=O)N(CC2CCS(=O)(=O)C2)CCc2ccsc21. The Kier molecular flexibility index (Phi) is 4.07. The highest BCUT2D eigenvalue weighted by molar-refractivity contribution is 7.91. The summed E-state index contributed by atoms with van der Waals surface area (Å²) in [6.45, 7) is 1.24. The Morgan fingerprint density at radius 1 is 1.48 bits per heavy atom. The third-order valence-electron chi connectivity index (χ3n) is 4.35. The summed E-state index contributed by atoms with van der Waals surface area (Å²) in [5.41, 5.74) is 1.23. The highest BCUT2D eigenvalue weighted by Gasteiger charge is 2.35. The fraction of sp³-hybridized carbons (Fsp3) is 0.643. The number of thiophene rings is 1. The lowest BCUT2D eigenvalue weighted by atomic mass is 10.1. The van der Waals surface area contributed by atoms with E-state index in [0.29, 0.717) is 19.5 Å². The first-order valence-electron chi connectivity index (χ1n) is 7.23. The van der Waals surface area contributed by atoms with Gasteiger partial charge in [0.25, 0.3) is 0 Å². The van der Waals surface area contributed by atoms with Crippen molar-refractivity contribution >= 4 is 27.1 Å². The molecule has 0 radical (unpaired) electrons. The quantitative estimate of drug-likeness (QED) is 0.892. The van der Waals surface area contributed by atoms with Gasteiger partial charge in [-0.3, -0.25) is 4.79 Å². The van der Waals surface area contributed by atoms with Crippen LogP contribution in [0.1, 0.15) is 22.9 Å². The van der Waals surface area contributed by atoms with Crippen LogP contribution in [0.3, 0.4) is 0 Å². The average Bonchev–Trinajstić information content (AvgIpc) is 2.99. The molecule has 0 spiro atoms. The smallest absolute Gasteiger partial charge is 0.245 e. The van der Waals surface area contributed by atoms with Crippen LogP contribution in [-0.2, 0) is 21.1 Å². The first kappa shape index (κ1) is 15.0. The van der Waals surface area contributed by atoms with E-state index < -0.39 is 9.84 Å². The van der Waals surface area contributed by atoms with Crippen molar-refractivity contribution in [3.63, 3.8) is 0 Å². The molecule has 1 fully saturated rings. The van der Waals surface area contributed by atoms with Crippen LogP contribution in [0.15, 0.2) is 11.4 Å². The average molecular weight is 328 g/mol. The van der Waals surface area contributed by atoms with Crippen LogP contribution >= 0.6 is 11.3 Å². The summed E-state index contributed by atoms with van der Waals surface area (Å²) in [7, 11) is -1.09. The molecular weight excluding hydrogens is 308 g/mol. The Bertz CT molecular complexity index is 638. The Morgan fingerprint density at radius 3 is 2.95 bits per heavy atom. The van der Waals surface area contributed by atoms with Crippen molar-refractivity contribution in [3.05, 3.63) is 21.9 Å². The fourth-order valence-electron chi connectivity index (χ4n) is 3.23. The van der Waals surface area contributed by atoms with Crippen LogP contribution in [0, 0.1) is 5.92 Å². The molecule has 2 atom stereocenters. The predicted molar refractivity (Wildman–Crippen MR) is 83.2 cm³/mol. The molecule has 5 nitrogen and oxygen atoms in total. The van der Waals surface area contributed by atoms with Gasteiger partial charge in [0.05, 0.1) is 11.5 Å². The molecule has 1 aromatic heterocycles. The zero-order valence-corrected chi connectivity index (χ0v) is 13.7. The standard InChI is InChI=1S/C14H20N2O3S2/c1-15-12-13-11(3-6-20-13)2-5-16(14(12)17)8-10-4-7-21(18,19)9-10/h3,6,10,12,15H,2,4-5,7-9H2,1H3. The number of nitrogens with one attached hydrogen (secondary N) is 1. The molecule has 21 heavy (non-hydrogen) atoms. The number of likely N-dealkylation sites (N-methyl/N-ethyl adjacent to an activating group) is 1. The van der Waals surface area contributed by atoms with Gasteiger partial charge in [0, 0.05) is 18.0 Å². The number of hydrogen-bond donors (Lipinski definition) is 1. The van der Waals surface area contributed by atoms with Crippen LogP contribution in [0.5, 0.6) is 0 Å². The van der Waals surface area contributed by atoms with Gasteiger partial charge in [0.2, 0.25) is 5.91 Å². The summed E-state index contributed by atoms with van der Waals surface area (Å²) in [5, 5.41) is 5.14. The first-order chi connectivity index (χ1) is 10.00. The number of nitrogens with zero attached hydrogens (tertiary/aromatic N) is 1. The molecule has 1 N–H and O–H groups in total. The third-order valence-corrected chi connectivity index (χ3v) is 7.21. The topological polar surface area (TPSA) is 66.5 Å². The van der Waals surface area contributed by atoms with Gasteiger partial charge in [-0.25, -0.2) is 8.42 Å². The molecule has 0 aliphatic carbocycles. The second-order valence-electron chi connectivity index (χ2n) is 5.84. The summed E-state index contributed by atoms with van der Waals surface area (Å²) in [6, 6.07) is 1.79. The molecule has 0 aromatic carbocycles. The van der Waals surface area contributed by atoms with Crippen molar-refractivity contribution in [1.82, 2.24) is 10.2 Å². The van der Waals surface area contributed by atoms with Gasteiger partial charge in [0.15, 0.2) is 9.84 Å². The molecule has 7 heteroatoms. The van der Waals surface area contributed by atoms with Crippen LogP contribution < -0.4 is 5.32 Å². The normalized spacial score (nSPS) is 28.4. The lowest BCUT2D eigenvalue weighted by Gasteiger charge is -2.26. The zero-order chi connectivity index (χ0) is 15.0. The number of amides is 1. The van der Waals surface area contributed by atoms with Gasteiger partial charge in [-0.05, 0) is 42.8 Å². The van der Waals surface area contributed by atoms with Crippen LogP contribution in [0.2, 0.25) is 0 Å². The van der Waals surface area contributed by atoms with Crippen molar-refractivity contribution < 1.29 is 13.2 Å². The van der Waals surface area contributed by atoms with Crippen LogP contribution in [0.25, 0.3) is 0 Å². The second-order valence-corrected chi connectivity index (χ2v) is 9.01. The van der Waals surface area contributed by atoms with E-state index in [9.17, 15) is 13.2 Å². The van der Waals surface area contributed by atoms with Gasteiger partial charge < -0.3 is 10.2 Å². The molecule has 3 heterocycles. The van der Waals surface area contributed by atoms with Crippen molar-refractivity contribution in [3.8, 4) is 0 Å². The fourth-order valence-corrected chi connectivity index (χ4v) is 6.14. The summed E-state index contributed by atoms with van der Waals surface area (Å²) >= 11 is 1.61. The molecule has 2 aliphatic rings. The monoisotopic (exact) mass is 328 g/mol. The number of sulfone groups is 1. The molecule has 1 saturated heterocycles. The van der Waals surface area contributed by atoms with Crippen molar-refractivity contribution in [2.45, 2.75) is 18.9 Å². The molecular formula is C14H20N2O3S2. The largest absolute Gasteiger partial charge is 0.340 e.